The van der Waals surface area contributed by atoms with E-state index in [1.807, 2.05) is 12.3 Å². The van der Waals surface area contributed by atoms with Gasteiger partial charge in [-0.25, -0.2) is 9.78 Å². The van der Waals surface area contributed by atoms with Crippen molar-refractivity contribution in [1.82, 2.24) is 4.98 Å². The van der Waals surface area contributed by atoms with Crippen molar-refractivity contribution in [3.63, 3.8) is 0 Å². The highest BCUT2D eigenvalue weighted by Crippen LogP contribution is 2.08. The summed E-state index contributed by atoms with van der Waals surface area (Å²) in [7, 11) is 1.31. The molecule has 0 bridgehead atoms. The van der Waals surface area contributed by atoms with E-state index in [2.05, 4.69) is 9.72 Å². The topological polar surface area (TPSA) is 52.3 Å². The van der Waals surface area contributed by atoms with E-state index < -0.39 is 5.97 Å². The Hall–Kier alpha value is -1.23. The first-order chi connectivity index (χ1) is 6.77. The van der Waals surface area contributed by atoms with Crippen molar-refractivity contribution in [3.8, 4) is 0 Å². The Bertz CT molecular complexity index is 333. The number of carbonyl (C=O) groups is 1. The van der Waals surface area contributed by atoms with Crippen molar-refractivity contribution in [2.75, 3.05) is 12.9 Å². The number of hydrogen-bond acceptors (Lipinski definition) is 5. The molecule has 0 aliphatic carbocycles. The lowest BCUT2D eigenvalue weighted by Crippen LogP contribution is -2.00. The number of aromatic nitrogens is 1. The van der Waals surface area contributed by atoms with Gasteiger partial charge in [-0.2, -0.15) is 0 Å². The fourth-order valence-electron chi connectivity index (χ4n) is 0.765. The van der Waals surface area contributed by atoms with Crippen molar-refractivity contribution in [2.45, 2.75) is 6.92 Å². The van der Waals surface area contributed by atoms with Gasteiger partial charge in [-0.3, -0.25) is 0 Å². The maximum atomic E-state index is 11.0. The van der Waals surface area contributed by atoms with Crippen LogP contribution in [-0.2, 0) is 4.74 Å². The van der Waals surface area contributed by atoms with Gasteiger partial charge in [0.2, 0.25) is 5.89 Å². The number of esters is 1. The van der Waals surface area contributed by atoms with Crippen LogP contribution >= 0.6 is 11.8 Å². The molecular formula is C9H11NO3S. The molecule has 0 aromatic carbocycles. The maximum Gasteiger partial charge on any atom is 0.360 e. The number of oxazole rings is 1. The predicted octanol–water partition coefficient (Wildman–Crippen LogP) is 2.18. The first-order valence-corrected chi connectivity index (χ1v) is 5.14. The second-order valence-electron chi connectivity index (χ2n) is 2.32. The van der Waals surface area contributed by atoms with E-state index in [4.69, 9.17) is 4.42 Å². The quantitative estimate of drug-likeness (QED) is 0.717. The summed E-state index contributed by atoms with van der Waals surface area (Å²) >= 11 is 1.63. The Morgan fingerprint density at radius 1 is 1.79 bits per heavy atom. The summed E-state index contributed by atoms with van der Waals surface area (Å²) in [5.74, 6) is 0.907. The second-order valence-corrected chi connectivity index (χ2v) is 3.50. The molecule has 0 fully saturated rings. The lowest BCUT2D eigenvalue weighted by molar-refractivity contribution is 0.0594. The molecule has 1 heterocycles. The summed E-state index contributed by atoms with van der Waals surface area (Å²) in [5.41, 5.74) is 0.189. The molecule has 0 amide bonds. The molecule has 0 atom stereocenters. The normalized spacial score (nSPS) is 10.7. The van der Waals surface area contributed by atoms with Crippen molar-refractivity contribution >= 4 is 23.8 Å². The second kappa shape index (κ2) is 5.49. The highest BCUT2D eigenvalue weighted by Gasteiger charge is 2.10. The fraction of sp³-hybridized carbons (Fsp3) is 0.333. The largest absolute Gasteiger partial charge is 0.464 e. The minimum atomic E-state index is -0.489. The van der Waals surface area contributed by atoms with Crippen LogP contribution in [0.15, 0.2) is 16.1 Å². The number of ether oxygens (including phenoxy) is 1. The predicted molar refractivity (Wildman–Crippen MR) is 55.0 cm³/mol. The van der Waals surface area contributed by atoms with Crippen LogP contribution in [0.2, 0.25) is 0 Å². The van der Waals surface area contributed by atoms with Crippen molar-refractivity contribution in [3.05, 3.63) is 23.3 Å². The lowest BCUT2D eigenvalue weighted by atomic mass is 10.5. The minimum Gasteiger partial charge on any atom is -0.464 e. The molecule has 0 saturated heterocycles. The molecule has 0 unspecified atom stereocenters. The molecule has 14 heavy (non-hydrogen) atoms. The smallest absolute Gasteiger partial charge is 0.360 e. The van der Waals surface area contributed by atoms with E-state index in [9.17, 15) is 4.79 Å². The van der Waals surface area contributed by atoms with Crippen LogP contribution < -0.4 is 0 Å². The lowest BCUT2D eigenvalue weighted by Gasteiger charge is -1.89. The van der Waals surface area contributed by atoms with Crippen molar-refractivity contribution in [1.29, 1.82) is 0 Å². The zero-order chi connectivity index (χ0) is 10.4. The molecule has 1 aromatic rings. The van der Waals surface area contributed by atoms with Crippen LogP contribution in [-0.4, -0.2) is 23.8 Å². The van der Waals surface area contributed by atoms with Gasteiger partial charge in [0, 0.05) is 6.08 Å². The van der Waals surface area contributed by atoms with Gasteiger partial charge in [0.1, 0.15) is 6.26 Å². The van der Waals surface area contributed by atoms with Crippen LogP contribution in [0.5, 0.6) is 0 Å². The Morgan fingerprint density at radius 2 is 2.57 bits per heavy atom. The van der Waals surface area contributed by atoms with Gasteiger partial charge >= 0.3 is 5.97 Å². The van der Waals surface area contributed by atoms with Crippen molar-refractivity contribution < 1.29 is 13.9 Å². The highest BCUT2D eigenvalue weighted by atomic mass is 32.2. The van der Waals surface area contributed by atoms with Gasteiger partial charge in [0.05, 0.1) is 7.11 Å². The molecule has 0 N–H and O–H groups in total. The molecule has 4 nitrogen and oxygen atoms in total. The first kappa shape index (κ1) is 10.8. The summed E-state index contributed by atoms with van der Waals surface area (Å²) in [6.07, 6.45) is 2.99. The number of rotatable bonds is 4. The Balaban J connectivity index is 2.63. The maximum absolute atomic E-state index is 11.0. The third kappa shape index (κ3) is 2.92. The molecular weight excluding hydrogens is 202 g/mol. The van der Waals surface area contributed by atoms with Gasteiger partial charge in [-0.15, -0.1) is 11.8 Å². The Morgan fingerprint density at radius 3 is 3.21 bits per heavy atom. The molecule has 5 heteroatoms. The third-order valence-corrected chi connectivity index (χ3v) is 2.05. The molecule has 76 valence electrons. The molecule has 0 saturated carbocycles. The van der Waals surface area contributed by atoms with Crippen LogP contribution in [0.3, 0.4) is 0 Å². The Kier molecular flexibility index (Phi) is 4.25. The number of nitrogens with zero attached hydrogens (tertiary/aromatic N) is 1. The molecule has 0 aliphatic heterocycles. The molecule has 0 aliphatic rings. The highest BCUT2D eigenvalue weighted by molar-refractivity contribution is 8.02. The van der Waals surface area contributed by atoms with Crippen LogP contribution in [0.1, 0.15) is 23.3 Å². The first-order valence-electron chi connectivity index (χ1n) is 4.10. The summed E-state index contributed by atoms with van der Waals surface area (Å²) in [5, 5.41) is 1.87. The van der Waals surface area contributed by atoms with E-state index in [1.165, 1.54) is 13.4 Å². The van der Waals surface area contributed by atoms with E-state index >= 15 is 0 Å². The SMILES string of the molecule is CCS/C=C\c1nc(C(=O)OC)co1. The average Bonchev–Trinajstić information content (AvgIpc) is 2.66. The third-order valence-electron chi connectivity index (χ3n) is 1.39. The van der Waals surface area contributed by atoms with Gasteiger partial charge in [0.15, 0.2) is 5.69 Å². The molecule has 1 rings (SSSR count). The van der Waals surface area contributed by atoms with E-state index in [0.717, 1.165) is 5.75 Å². The fourth-order valence-corrected chi connectivity index (χ4v) is 1.17. The summed E-state index contributed by atoms with van der Waals surface area (Å²) < 4.78 is 9.51. The van der Waals surface area contributed by atoms with Crippen LogP contribution in [0, 0.1) is 0 Å². The summed E-state index contributed by atoms with van der Waals surface area (Å²) in [6, 6.07) is 0. The molecule has 1 aromatic heterocycles. The number of carbonyl (C=O) groups excluding carboxylic acids is 1. The zero-order valence-electron chi connectivity index (χ0n) is 8.02. The van der Waals surface area contributed by atoms with Gasteiger partial charge < -0.3 is 9.15 Å². The average molecular weight is 213 g/mol. The summed E-state index contributed by atoms with van der Waals surface area (Å²) in [6.45, 7) is 2.05. The minimum absolute atomic E-state index is 0.189. The van der Waals surface area contributed by atoms with Gasteiger partial charge in [-0.1, -0.05) is 6.92 Å². The van der Waals surface area contributed by atoms with Gasteiger partial charge in [0.25, 0.3) is 0 Å². The number of hydrogen-bond donors (Lipinski definition) is 0. The Labute approximate surface area is 86.3 Å². The number of methoxy groups -OCH3 is 1. The van der Waals surface area contributed by atoms with E-state index in [1.54, 1.807) is 17.8 Å². The molecule has 0 radical (unpaired) electrons. The molecule has 0 spiro atoms. The van der Waals surface area contributed by atoms with Crippen molar-refractivity contribution in [2.24, 2.45) is 0 Å². The van der Waals surface area contributed by atoms with Gasteiger partial charge in [-0.05, 0) is 11.2 Å². The number of thioether (sulfide) groups is 1. The van der Waals surface area contributed by atoms with Crippen LogP contribution in [0.4, 0.5) is 0 Å². The zero-order valence-corrected chi connectivity index (χ0v) is 8.84. The van der Waals surface area contributed by atoms with Crippen LogP contribution in [0.25, 0.3) is 6.08 Å². The van der Waals surface area contributed by atoms with E-state index in [-0.39, 0.29) is 5.69 Å². The monoisotopic (exact) mass is 213 g/mol. The van der Waals surface area contributed by atoms with E-state index in [0.29, 0.717) is 5.89 Å². The standard InChI is InChI=1S/C9H11NO3S/c1-3-14-5-4-8-10-7(6-13-8)9(11)12-2/h4-6H,3H2,1-2H3/b5-4-. The summed E-state index contributed by atoms with van der Waals surface area (Å²) in [4.78, 5) is 14.9.